The Morgan fingerprint density at radius 1 is 1.21 bits per heavy atom. The maximum Gasteiger partial charge on any atom is 0.490 e. The summed E-state index contributed by atoms with van der Waals surface area (Å²) in [5, 5.41) is 20.3. The zero-order valence-corrected chi connectivity index (χ0v) is 17.8. The standard InChI is InChI=1S/C17H18N6O2S.C2HF3O2/c24-17(16-22-21-15(25-16)14-10-26-11-20-14)23-7-3-13(4-8-23)19-9-12-1-5-18-6-2-12;3-2(4,5)1(6)7/h1-2,5-6,10-11,13,19H,3-4,7-9H2;(H,6,7). The maximum absolute atomic E-state index is 12.6. The van der Waals surface area contributed by atoms with Gasteiger partial charge in [-0.05, 0) is 30.5 Å². The topological polar surface area (TPSA) is 134 Å². The first-order valence-electron chi connectivity index (χ1n) is 9.67. The number of rotatable bonds is 5. The summed E-state index contributed by atoms with van der Waals surface area (Å²) in [7, 11) is 0. The first kappa shape index (κ1) is 24.3. The third-order valence-corrected chi connectivity index (χ3v) is 5.21. The number of hydrogen-bond acceptors (Lipinski definition) is 9. The highest BCUT2D eigenvalue weighted by Gasteiger charge is 2.38. The molecule has 1 fully saturated rings. The van der Waals surface area contributed by atoms with E-state index < -0.39 is 12.1 Å². The number of carboxylic acids is 1. The minimum atomic E-state index is -5.08. The van der Waals surface area contributed by atoms with Crippen LogP contribution < -0.4 is 5.32 Å². The van der Waals surface area contributed by atoms with Crippen molar-refractivity contribution < 1.29 is 32.3 Å². The number of carbonyl (C=O) groups is 2. The molecule has 1 aliphatic heterocycles. The SMILES string of the molecule is O=C(O)C(F)(F)F.O=C(c1nnc(-c2cscn2)o1)N1CCC(NCc2ccncc2)CC1. The summed E-state index contributed by atoms with van der Waals surface area (Å²) < 4.78 is 37.2. The highest BCUT2D eigenvalue weighted by molar-refractivity contribution is 7.07. The summed E-state index contributed by atoms with van der Waals surface area (Å²) in [6, 6.07) is 4.39. The number of hydrogen-bond donors (Lipinski definition) is 2. The molecular weight excluding hydrogens is 465 g/mol. The van der Waals surface area contributed by atoms with Gasteiger partial charge in [0, 0.05) is 43.4 Å². The number of nitrogens with one attached hydrogen (secondary N) is 1. The van der Waals surface area contributed by atoms with Crippen molar-refractivity contribution in [3.63, 3.8) is 0 Å². The molecule has 2 N–H and O–H groups in total. The lowest BCUT2D eigenvalue weighted by Crippen LogP contribution is -2.44. The van der Waals surface area contributed by atoms with Crippen molar-refractivity contribution in [1.29, 1.82) is 0 Å². The molecule has 10 nitrogen and oxygen atoms in total. The van der Waals surface area contributed by atoms with Gasteiger partial charge in [-0.2, -0.15) is 13.2 Å². The molecule has 0 unspecified atom stereocenters. The van der Waals surface area contributed by atoms with Crippen LogP contribution >= 0.6 is 11.3 Å². The van der Waals surface area contributed by atoms with Crippen molar-refractivity contribution >= 4 is 23.2 Å². The van der Waals surface area contributed by atoms with Gasteiger partial charge >= 0.3 is 23.9 Å². The maximum atomic E-state index is 12.6. The number of aliphatic carboxylic acids is 1. The molecule has 0 spiro atoms. The highest BCUT2D eigenvalue weighted by atomic mass is 32.1. The first-order valence-corrected chi connectivity index (χ1v) is 10.6. The lowest BCUT2D eigenvalue weighted by Gasteiger charge is -2.31. The van der Waals surface area contributed by atoms with E-state index in [4.69, 9.17) is 14.3 Å². The Labute approximate surface area is 189 Å². The second kappa shape index (κ2) is 11.0. The molecule has 3 aromatic heterocycles. The fourth-order valence-corrected chi connectivity index (χ4v) is 3.44. The summed E-state index contributed by atoms with van der Waals surface area (Å²) >= 11 is 1.44. The molecule has 1 aliphatic rings. The fraction of sp³-hybridized carbons (Fsp3) is 0.368. The Balaban J connectivity index is 0.000000383. The molecule has 1 amide bonds. The van der Waals surface area contributed by atoms with Crippen LogP contribution in [-0.4, -0.2) is 67.4 Å². The number of likely N-dealkylation sites (tertiary alicyclic amines) is 1. The molecule has 0 aromatic carbocycles. The van der Waals surface area contributed by atoms with Gasteiger partial charge in [0.15, 0.2) is 0 Å². The molecule has 14 heteroatoms. The molecule has 4 heterocycles. The van der Waals surface area contributed by atoms with Crippen LogP contribution in [0.2, 0.25) is 0 Å². The average molecular weight is 484 g/mol. The molecule has 1 saturated heterocycles. The Morgan fingerprint density at radius 2 is 1.88 bits per heavy atom. The van der Waals surface area contributed by atoms with Gasteiger partial charge in [0.25, 0.3) is 5.89 Å². The van der Waals surface area contributed by atoms with Crippen molar-refractivity contribution in [3.8, 4) is 11.6 Å². The molecule has 33 heavy (non-hydrogen) atoms. The molecule has 4 rings (SSSR count). The van der Waals surface area contributed by atoms with E-state index in [0.717, 1.165) is 19.4 Å². The fourth-order valence-electron chi connectivity index (χ4n) is 2.92. The third kappa shape index (κ3) is 7.05. The molecule has 0 bridgehead atoms. The second-order valence-electron chi connectivity index (χ2n) is 6.89. The first-order chi connectivity index (χ1) is 15.7. The van der Waals surface area contributed by atoms with Gasteiger partial charge in [0.1, 0.15) is 5.69 Å². The van der Waals surface area contributed by atoms with Gasteiger partial charge in [-0.15, -0.1) is 21.5 Å². The van der Waals surface area contributed by atoms with Crippen LogP contribution in [0, 0.1) is 0 Å². The highest BCUT2D eigenvalue weighted by Crippen LogP contribution is 2.19. The number of aromatic nitrogens is 4. The van der Waals surface area contributed by atoms with Crippen LogP contribution in [0.3, 0.4) is 0 Å². The number of alkyl halides is 3. The molecule has 0 saturated carbocycles. The van der Waals surface area contributed by atoms with Crippen LogP contribution in [0.25, 0.3) is 11.6 Å². The normalized spacial score (nSPS) is 14.5. The van der Waals surface area contributed by atoms with E-state index in [9.17, 15) is 18.0 Å². The number of piperidine rings is 1. The second-order valence-corrected chi connectivity index (χ2v) is 7.61. The number of nitrogens with zero attached hydrogens (tertiary/aromatic N) is 5. The average Bonchev–Trinajstić information content (AvgIpc) is 3.50. The van der Waals surface area contributed by atoms with Crippen molar-refractivity contribution in [1.82, 2.24) is 30.4 Å². The van der Waals surface area contributed by atoms with Crippen molar-refractivity contribution in [3.05, 3.63) is 46.9 Å². The summed E-state index contributed by atoms with van der Waals surface area (Å²) in [6.45, 7) is 2.14. The summed E-state index contributed by atoms with van der Waals surface area (Å²) in [5.41, 5.74) is 3.49. The number of amides is 1. The van der Waals surface area contributed by atoms with Gasteiger partial charge in [0.2, 0.25) is 0 Å². The van der Waals surface area contributed by atoms with Gasteiger partial charge in [-0.25, -0.2) is 9.78 Å². The van der Waals surface area contributed by atoms with Gasteiger partial charge in [-0.1, -0.05) is 0 Å². The van der Waals surface area contributed by atoms with Crippen LogP contribution in [0.1, 0.15) is 29.1 Å². The largest absolute Gasteiger partial charge is 0.490 e. The summed E-state index contributed by atoms with van der Waals surface area (Å²) in [4.78, 5) is 31.3. The van der Waals surface area contributed by atoms with E-state index in [1.165, 1.54) is 16.9 Å². The number of thiazole rings is 1. The van der Waals surface area contributed by atoms with Crippen LogP contribution in [0.15, 0.2) is 39.8 Å². The van der Waals surface area contributed by atoms with Crippen LogP contribution in [0.4, 0.5) is 13.2 Å². The Morgan fingerprint density at radius 3 is 2.45 bits per heavy atom. The Kier molecular flexibility index (Phi) is 8.06. The van der Waals surface area contributed by atoms with Crippen molar-refractivity contribution in [2.75, 3.05) is 13.1 Å². The van der Waals surface area contributed by atoms with Gasteiger partial charge in [0.05, 0.1) is 5.51 Å². The van der Waals surface area contributed by atoms with E-state index in [0.29, 0.717) is 24.8 Å². The van der Waals surface area contributed by atoms with E-state index in [-0.39, 0.29) is 17.7 Å². The lowest BCUT2D eigenvalue weighted by atomic mass is 10.0. The predicted molar refractivity (Wildman–Crippen MR) is 109 cm³/mol. The molecule has 3 aromatic rings. The van der Waals surface area contributed by atoms with Crippen molar-refractivity contribution in [2.24, 2.45) is 0 Å². The minimum Gasteiger partial charge on any atom is -0.475 e. The number of carboxylic acid groups (broad SMARTS) is 1. The Bertz CT molecular complexity index is 1040. The van der Waals surface area contributed by atoms with E-state index in [1.807, 2.05) is 17.5 Å². The zero-order chi connectivity index (χ0) is 23.8. The molecular formula is C19H19F3N6O4S. The van der Waals surface area contributed by atoms with E-state index in [2.05, 4.69) is 25.5 Å². The van der Waals surface area contributed by atoms with Crippen molar-refractivity contribution in [2.45, 2.75) is 31.6 Å². The number of pyridine rings is 1. The minimum absolute atomic E-state index is 0.0243. The van der Waals surface area contributed by atoms with Gasteiger partial charge in [-0.3, -0.25) is 9.78 Å². The monoisotopic (exact) mass is 484 g/mol. The summed E-state index contributed by atoms with van der Waals surface area (Å²) in [6.07, 6.45) is 0.291. The molecule has 0 atom stereocenters. The number of halogens is 3. The van der Waals surface area contributed by atoms with E-state index >= 15 is 0 Å². The smallest absolute Gasteiger partial charge is 0.475 e. The quantitative estimate of drug-likeness (QED) is 0.560. The predicted octanol–water partition coefficient (Wildman–Crippen LogP) is 2.62. The van der Waals surface area contributed by atoms with Crippen LogP contribution in [0.5, 0.6) is 0 Å². The van der Waals surface area contributed by atoms with Crippen LogP contribution in [-0.2, 0) is 11.3 Å². The molecule has 176 valence electrons. The zero-order valence-electron chi connectivity index (χ0n) is 17.0. The number of carbonyl (C=O) groups excluding carboxylic acids is 1. The van der Waals surface area contributed by atoms with E-state index in [1.54, 1.807) is 22.8 Å². The molecule has 0 radical (unpaired) electrons. The molecule has 0 aliphatic carbocycles. The third-order valence-electron chi connectivity index (χ3n) is 4.63. The Hall–Kier alpha value is -3.39. The lowest BCUT2D eigenvalue weighted by molar-refractivity contribution is -0.192. The summed E-state index contributed by atoms with van der Waals surface area (Å²) in [5.74, 6) is -2.67. The van der Waals surface area contributed by atoms with Gasteiger partial charge < -0.3 is 19.7 Å².